The van der Waals surface area contributed by atoms with Crippen molar-refractivity contribution in [1.29, 1.82) is 0 Å². The van der Waals surface area contributed by atoms with Gasteiger partial charge in [-0.1, -0.05) is 31.4 Å². The molecule has 0 radical (unpaired) electrons. The summed E-state index contributed by atoms with van der Waals surface area (Å²) in [7, 11) is 0. The lowest BCUT2D eigenvalue weighted by atomic mass is 9.82. The first-order chi connectivity index (χ1) is 10.7. The molecule has 124 valence electrons. The van der Waals surface area contributed by atoms with E-state index in [2.05, 4.69) is 10.4 Å². The number of amides is 1. The van der Waals surface area contributed by atoms with Gasteiger partial charge in [-0.2, -0.15) is 5.10 Å². The van der Waals surface area contributed by atoms with Crippen LogP contribution in [0.25, 0.3) is 5.69 Å². The maximum absolute atomic E-state index is 12.3. The highest BCUT2D eigenvalue weighted by Crippen LogP contribution is 2.26. The van der Waals surface area contributed by atoms with Crippen LogP contribution in [0.15, 0.2) is 42.7 Å². The summed E-state index contributed by atoms with van der Waals surface area (Å²) in [5, 5.41) is 7.17. The second-order valence-corrected chi connectivity index (χ2v) is 6.02. The van der Waals surface area contributed by atoms with Gasteiger partial charge in [-0.25, -0.2) is 4.68 Å². The first-order valence-electron chi connectivity index (χ1n) is 7.84. The minimum atomic E-state index is -0.673. The van der Waals surface area contributed by atoms with Crippen molar-refractivity contribution in [3.05, 3.63) is 48.3 Å². The van der Waals surface area contributed by atoms with Gasteiger partial charge in [0, 0.05) is 18.9 Å². The van der Waals surface area contributed by atoms with Crippen LogP contribution in [0.1, 0.15) is 37.7 Å². The zero-order valence-electron chi connectivity index (χ0n) is 13.1. The molecule has 2 aromatic rings. The molecule has 1 amide bonds. The smallest absolute Gasteiger partial charge is 0.240 e. The highest BCUT2D eigenvalue weighted by Gasteiger charge is 2.34. The number of carbonyl (C=O) groups excluding carboxylic acids is 1. The number of halogens is 1. The van der Waals surface area contributed by atoms with E-state index in [0.717, 1.165) is 36.9 Å². The second-order valence-electron chi connectivity index (χ2n) is 6.02. The van der Waals surface area contributed by atoms with E-state index in [0.29, 0.717) is 6.54 Å². The zero-order chi connectivity index (χ0) is 15.4. The summed E-state index contributed by atoms with van der Waals surface area (Å²) in [5.41, 5.74) is 7.62. The second kappa shape index (κ2) is 7.62. The monoisotopic (exact) mass is 334 g/mol. The van der Waals surface area contributed by atoms with Crippen molar-refractivity contribution in [1.82, 2.24) is 15.1 Å². The van der Waals surface area contributed by atoms with Crippen LogP contribution < -0.4 is 11.1 Å². The minimum Gasteiger partial charge on any atom is -0.350 e. The largest absolute Gasteiger partial charge is 0.350 e. The molecule has 6 heteroatoms. The molecule has 1 aromatic carbocycles. The predicted octanol–water partition coefficient (Wildman–Crippen LogP) is 2.57. The summed E-state index contributed by atoms with van der Waals surface area (Å²) in [5.74, 6) is -0.0247. The van der Waals surface area contributed by atoms with Gasteiger partial charge in [0.2, 0.25) is 5.91 Å². The van der Waals surface area contributed by atoms with Gasteiger partial charge in [0.05, 0.1) is 11.2 Å². The van der Waals surface area contributed by atoms with Crippen molar-refractivity contribution in [3.63, 3.8) is 0 Å². The van der Waals surface area contributed by atoms with E-state index in [1.165, 1.54) is 6.42 Å². The standard InChI is InChI=1S/C17H22N4O.ClH/c18-17(9-2-1-3-10-17)16(22)19-13-14-5-7-15(8-6-14)21-12-4-11-20-21;/h4-8,11-12H,1-3,9-10,13,18H2,(H,19,22);1H. The van der Waals surface area contributed by atoms with Crippen LogP contribution >= 0.6 is 12.4 Å². The van der Waals surface area contributed by atoms with Crippen LogP contribution in [-0.2, 0) is 11.3 Å². The average molecular weight is 335 g/mol. The Hall–Kier alpha value is -1.85. The lowest BCUT2D eigenvalue weighted by Crippen LogP contribution is -2.54. The van der Waals surface area contributed by atoms with Crippen molar-refractivity contribution in [2.75, 3.05) is 0 Å². The number of aromatic nitrogens is 2. The van der Waals surface area contributed by atoms with Crippen LogP contribution in [0.4, 0.5) is 0 Å². The fraction of sp³-hybridized carbons (Fsp3) is 0.412. The van der Waals surface area contributed by atoms with Gasteiger partial charge >= 0.3 is 0 Å². The quantitative estimate of drug-likeness (QED) is 0.902. The molecule has 23 heavy (non-hydrogen) atoms. The third-order valence-corrected chi connectivity index (χ3v) is 4.36. The van der Waals surface area contributed by atoms with Crippen LogP contribution in [0.2, 0.25) is 0 Å². The Bertz CT molecular complexity index is 619. The molecule has 0 saturated heterocycles. The zero-order valence-corrected chi connectivity index (χ0v) is 13.9. The van der Waals surface area contributed by atoms with Crippen LogP contribution in [0.5, 0.6) is 0 Å². The summed E-state index contributed by atoms with van der Waals surface area (Å²) >= 11 is 0. The molecule has 1 heterocycles. The molecule has 3 N–H and O–H groups in total. The maximum Gasteiger partial charge on any atom is 0.240 e. The Balaban J connectivity index is 0.00000192. The molecule has 1 fully saturated rings. The highest BCUT2D eigenvalue weighted by molar-refractivity contribution is 5.86. The van der Waals surface area contributed by atoms with Crippen molar-refractivity contribution in [2.45, 2.75) is 44.2 Å². The SMILES string of the molecule is Cl.NC1(C(=O)NCc2ccc(-n3cccn3)cc2)CCCCC1. The Morgan fingerprint density at radius 2 is 1.91 bits per heavy atom. The summed E-state index contributed by atoms with van der Waals surface area (Å²) in [6.45, 7) is 0.511. The third-order valence-electron chi connectivity index (χ3n) is 4.36. The van der Waals surface area contributed by atoms with Crippen LogP contribution in [0, 0.1) is 0 Å². The van der Waals surface area contributed by atoms with E-state index in [-0.39, 0.29) is 18.3 Å². The number of nitrogens with zero attached hydrogens (tertiary/aromatic N) is 2. The third kappa shape index (κ3) is 4.12. The topological polar surface area (TPSA) is 72.9 Å². The molecular formula is C17H23ClN4O. The Kier molecular flexibility index (Phi) is 5.80. The molecule has 0 unspecified atom stereocenters. The van der Waals surface area contributed by atoms with Gasteiger partial charge in [-0.15, -0.1) is 12.4 Å². The summed E-state index contributed by atoms with van der Waals surface area (Å²) in [6.07, 6.45) is 8.50. The molecule has 1 aliphatic carbocycles. The van der Waals surface area contributed by atoms with E-state index < -0.39 is 5.54 Å². The number of nitrogens with two attached hydrogens (primary N) is 1. The number of hydrogen-bond donors (Lipinski definition) is 2. The lowest BCUT2D eigenvalue weighted by molar-refractivity contribution is -0.127. The summed E-state index contributed by atoms with van der Waals surface area (Å²) in [4.78, 5) is 12.3. The lowest BCUT2D eigenvalue weighted by Gasteiger charge is -2.31. The molecule has 5 nitrogen and oxygen atoms in total. The van der Waals surface area contributed by atoms with Crippen LogP contribution in [-0.4, -0.2) is 21.2 Å². The first-order valence-corrected chi connectivity index (χ1v) is 7.84. The minimum absolute atomic E-state index is 0. The molecular weight excluding hydrogens is 312 g/mol. The number of rotatable bonds is 4. The Morgan fingerprint density at radius 3 is 2.52 bits per heavy atom. The number of nitrogens with one attached hydrogen (secondary N) is 1. The van der Waals surface area contributed by atoms with E-state index in [9.17, 15) is 4.79 Å². The number of benzene rings is 1. The van der Waals surface area contributed by atoms with E-state index in [1.807, 2.05) is 36.5 Å². The van der Waals surface area contributed by atoms with E-state index in [1.54, 1.807) is 10.9 Å². The predicted molar refractivity (Wildman–Crippen MR) is 92.7 cm³/mol. The van der Waals surface area contributed by atoms with Crippen molar-refractivity contribution >= 4 is 18.3 Å². The molecule has 0 atom stereocenters. The molecule has 1 aromatic heterocycles. The average Bonchev–Trinajstić information content (AvgIpc) is 3.08. The summed E-state index contributed by atoms with van der Waals surface area (Å²) in [6, 6.07) is 9.88. The fourth-order valence-corrected chi connectivity index (χ4v) is 2.96. The van der Waals surface area contributed by atoms with Gasteiger partial charge in [-0.3, -0.25) is 4.79 Å². The number of hydrogen-bond acceptors (Lipinski definition) is 3. The molecule has 1 saturated carbocycles. The summed E-state index contributed by atoms with van der Waals surface area (Å²) < 4.78 is 1.80. The van der Waals surface area contributed by atoms with E-state index in [4.69, 9.17) is 5.73 Å². The van der Waals surface area contributed by atoms with Crippen molar-refractivity contribution in [2.24, 2.45) is 5.73 Å². The fourth-order valence-electron chi connectivity index (χ4n) is 2.96. The van der Waals surface area contributed by atoms with Crippen molar-refractivity contribution < 1.29 is 4.79 Å². The van der Waals surface area contributed by atoms with E-state index >= 15 is 0 Å². The van der Waals surface area contributed by atoms with Gasteiger partial charge in [-0.05, 0) is 36.6 Å². The van der Waals surface area contributed by atoms with Gasteiger partial charge < -0.3 is 11.1 Å². The van der Waals surface area contributed by atoms with Gasteiger partial charge in [0.15, 0.2) is 0 Å². The van der Waals surface area contributed by atoms with Gasteiger partial charge in [0.25, 0.3) is 0 Å². The van der Waals surface area contributed by atoms with Crippen LogP contribution in [0.3, 0.4) is 0 Å². The Labute approximate surface area is 142 Å². The van der Waals surface area contributed by atoms with Crippen molar-refractivity contribution in [3.8, 4) is 5.69 Å². The Morgan fingerprint density at radius 1 is 1.22 bits per heavy atom. The molecule has 0 spiro atoms. The molecule has 0 aliphatic heterocycles. The highest BCUT2D eigenvalue weighted by atomic mass is 35.5. The first kappa shape index (κ1) is 17.5. The molecule has 0 bridgehead atoms. The molecule has 1 aliphatic rings. The maximum atomic E-state index is 12.3. The molecule has 3 rings (SSSR count). The normalized spacial score (nSPS) is 16.4. The van der Waals surface area contributed by atoms with Gasteiger partial charge in [0.1, 0.15) is 0 Å². The number of carbonyl (C=O) groups is 1.